The van der Waals surface area contributed by atoms with E-state index in [1.54, 1.807) is 7.11 Å². The minimum Gasteiger partial charge on any atom is -0.493 e. The maximum atomic E-state index is 12.7. The summed E-state index contributed by atoms with van der Waals surface area (Å²) < 4.78 is 12.5. The van der Waals surface area contributed by atoms with Gasteiger partial charge in [0.1, 0.15) is 0 Å². The van der Waals surface area contributed by atoms with Crippen LogP contribution in [0.25, 0.3) is 10.9 Å². The number of rotatable bonds is 2. The Balaban J connectivity index is 1.60. The average molecular weight is 430 g/mol. The number of benzene rings is 2. The number of fused-ring (bicyclic) bond motifs is 3. The topological polar surface area (TPSA) is 66.9 Å². The Bertz CT molecular complexity index is 1310. The van der Waals surface area contributed by atoms with Crippen LogP contribution in [0.15, 0.2) is 36.4 Å². The van der Waals surface area contributed by atoms with E-state index in [4.69, 9.17) is 14.5 Å². The molecule has 2 bridgehead atoms. The number of hydrogen-bond acceptors (Lipinski definition) is 6. The third-order valence-corrected chi connectivity index (χ3v) is 8.66. The maximum absolute atomic E-state index is 12.7. The van der Waals surface area contributed by atoms with Crippen LogP contribution >= 0.6 is 0 Å². The number of hydrogen-bond donors (Lipinski definition) is 2. The van der Waals surface area contributed by atoms with E-state index in [0.717, 1.165) is 64.3 Å². The predicted molar refractivity (Wildman–Crippen MR) is 123 cm³/mol. The highest BCUT2D eigenvalue weighted by molar-refractivity contribution is 5.94. The molecule has 164 valence electrons. The molecule has 32 heavy (non-hydrogen) atoms. The van der Waals surface area contributed by atoms with Gasteiger partial charge in [-0.15, -0.1) is 0 Å². The second-order valence-electron chi connectivity index (χ2n) is 9.77. The Labute approximate surface area is 187 Å². The number of aliphatic hydroxyl groups is 1. The molecule has 1 saturated heterocycles. The second-order valence-corrected chi connectivity index (χ2v) is 9.77. The monoisotopic (exact) mass is 429 g/mol. The largest absolute Gasteiger partial charge is 0.493 e. The number of ether oxygens (including phenoxy) is 2. The molecule has 3 heterocycles. The van der Waals surface area contributed by atoms with Crippen LogP contribution in [0.3, 0.4) is 0 Å². The molecule has 1 aromatic heterocycles. The van der Waals surface area contributed by atoms with E-state index in [1.165, 1.54) is 5.56 Å². The Kier molecular flexibility index (Phi) is 3.47. The number of methoxy groups -OCH3 is 1. The minimum absolute atomic E-state index is 0.0264. The summed E-state index contributed by atoms with van der Waals surface area (Å²) in [6, 6.07) is 12.4. The van der Waals surface area contributed by atoms with Crippen molar-refractivity contribution in [3.05, 3.63) is 58.8 Å². The van der Waals surface area contributed by atoms with Crippen LogP contribution in [0.5, 0.6) is 11.5 Å². The zero-order valence-corrected chi connectivity index (χ0v) is 18.6. The van der Waals surface area contributed by atoms with Gasteiger partial charge >= 0.3 is 0 Å². The third kappa shape index (κ3) is 1.89. The highest BCUT2D eigenvalue weighted by Gasteiger charge is 2.72. The molecule has 4 atom stereocenters. The number of nitrogens with zero attached hydrogens (tertiary/aromatic N) is 2. The lowest BCUT2D eigenvalue weighted by Crippen LogP contribution is -2.74. The Hall–Kier alpha value is -2.83. The highest BCUT2D eigenvalue weighted by atomic mass is 16.5. The number of likely N-dealkylation sites (tertiary alicyclic amines) is 1. The number of piperidine rings is 1. The van der Waals surface area contributed by atoms with Crippen LogP contribution in [0, 0.1) is 0 Å². The normalized spacial score (nSPS) is 31.6. The van der Waals surface area contributed by atoms with E-state index < -0.39 is 11.0 Å². The van der Waals surface area contributed by atoms with Gasteiger partial charge in [-0.2, -0.15) is 0 Å². The lowest BCUT2D eigenvalue weighted by atomic mass is 9.49. The first kappa shape index (κ1) is 18.7. The molecule has 7 rings (SSSR count). The van der Waals surface area contributed by atoms with E-state index in [9.17, 15) is 5.11 Å². The summed E-state index contributed by atoms with van der Waals surface area (Å²) >= 11 is 0. The van der Waals surface area contributed by atoms with Gasteiger partial charge in [0.05, 0.1) is 29.3 Å². The summed E-state index contributed by atoms with van der Waals surface area (Å²) in [5, 5.41) is 17.2. The van der Waals surface area contributed by atoms with Gasteiger partial charge in [0.15, 0.2) is 17.6 Å². The van der Waals surface area contributed by atoms with Gasteiger partial charge < -0.3 is 24.8 Å². The molecule has 0 radical (unpaired) electrons. The van der Waals surface area contributed by atoms with E-state index in [-0.39, 0.29) is 12.1 Å². The molecule has 2 unspecified atom stereocenters. The molecule has 2 aromatic carbocycles. The summed E-state index contributed by atoms with van der Waals surface area (Å²) in [4.78, 5) is 7.49. The summed E-state index contributed by atoms with van der Waals surface area (Å²) in [6.45, 7) is 0.921. The van der Waals surface area contributed by atoms with Crippen molar-refractivity contribution in [3.63, 3.8) is 0 Å². The van der Waals surface area contributed by atoms with Crippen LogP contribution in [0.1, 0.15) is 34.9 Å². The van der Waals surface area contributed by atoms with Crippen molar-refractivity contribution in [3.8, 4) is 11.5 Å². The van der Waals surface area contributed by atoms with E-state index in [1.807, 2.05) is 25.2 Å². The molecular weight excluding hydrogens is 402 g/mol. The fourth-order valence-electron chi connectivity index (χ4n) is 7.30. The number of pyridine rings is 1. The second kappa shape index (κ2) is 5.94. The SMILES string of the molecule is CNc1c2c(nc3ccccc13)C1Oc3c(OC)ccc4c3[C@@]13CCN(C)[C@H](C4)C3(O)C2. The van der Waals surface area contributed by atoms with Crippen molar-refractivity contribution >= 4 is 16.6 Å². The van der Waals surface area contributed by atoms with Crippen LogP contribution < -0.4 is 14.8 Å². The number of aromatic nitrogens is 1. The van der Waals surface area contributed by atoms with Gasteiger partial charge in [0.2, 0.25) is 0 Å². The summed E-state index contributed by atoms with van der Waals surface area (Å²) in [5.41, 5.74) is 4.98. The fraction of sp³-hybridized carbons (Fsp3) is 0.423. The third-order valence-electron chi connectivity index (χ3n) is 8.66. The molecular formula is C26H27N3O3. The minimum atomic E-state index is -0.946. The first-order valence-electron chi connectivity index (χ1n) is 11.4. The van der Waals surface area contributed by atoms with Crippen molar-refractivity contribution in [2.75, 3.05) is 33.1 Å². The van der Waals surface area contributed by atoms with Gasteiger partial charge in [0, 0.05) is 41.7 Å². The molecule has 0 saturated carbocycles. The number of anilines is 1. The molecule has 6 nitrogen and oxygen atoms in total. The summed E-state index contributed by atoms with van der Waals surface area (Å²) in [7, 11) is 5.78. The van der Waals surface area contributed by atoms with Crippen LogP contribution in [0.2, 0.25) is 0 Å². The van der Waals surface area contributed by atoms with Gasteiger partial charge in [0.25, 0.3) is 0 Å². The first-order valence-corrected chi connectivity index (χ1v) is 11.4. The van der Waals surface area contributed by atoms with E-state index >= 15 is 0 Å². The van der Waals surface area contributed by atoms with E-state index in [2.05, 4.69) is 35.5 Å². The Morgan fingerprint density at radius 2 is 2.09 bits per heavy atom. The maximum Gasteiger partial charge on any atom is 0.166 e. The molecule has 2 N–H and O–H groups in total. The van der Waals surface area contributed by atoms with Crippen LogP contribution in [-0.4, -0.2) is 54.4 Å². The Morgan fingerprint density at radius 1 is 1.25 bits per heavy atom. The lowest BCUT2D eigenvalue weighted by molar-refractivity contribution is -0.167. The molecule has 0 amide bonds. The van der Waals surface area contributed by atoms with Crippen molar-refractivity contribution in [2.45, 2.75) is 42.4 Å². The van der Waals surface area contributed by atoms with E-state index in [0.29, 0.717) is 6.42 Å². The number of para-hydroxylation sites is 1. The lowest BCUT2D eigenvalue weighted by Gasteiger charge is -2.62. The zero-order chi connectivity index (χ0) is 21.8. The molecule has 3 aromatic rings. The molecule has 1 spiro atoms. The van der Waals surface area contributed by atoms with Crippen molar-refractivity contribution in [1.29, 1.82) is 0 Å². The molecule has 2 aliphatic heterocycles. The molecule has 4 aliphatic rings. The molecule has 2 aliphatic carbocycles. The number of likely N-dealkylation sites (N-methyl/N-ethyl adjacent to an activating group) is 1. The number of nitrogens with one attached hydrogen (secondary N) is 1. The van der Waals surface area contributed by atoms with Crippen LogP contribution in [0.4, 0.5) is 5.69 Å². The summed E-state index contributed by atoms with van der Waals surface area (Å²) in [6.07, 6.45) is 1.86. The van der Waals surface area contributed by atoms with Gasteiger partial charge in [-0.25, -0.2) is 4.98 Å². The van der Waals surface area contributed by atoms with Gasteiger partial charge in [-0.3, -0.25) is 0 Å². The van der Waals surface area contributed by atoms with Crippen molar-refractivity contribution in [1.82, 2.24) is 9.88 Å². The first-order chi connectivity index (χ1) is 15.5. The van der Waals surface area contributed by atoms with Gasteiger partial charge in [-0.05, 0) is 44.1 Å². The average Bonchev–Trinajstić information content (AvgIpc) is 3.15. The smallest absolute Gasteiger partial charge is 0.166 e. The zero-order valence-electron chi connectivity index (χ0n) is 18.6. The van der Waals surface area contributed by atoms with Gasteiger partial charge in [-0.1, -0.05) is 24.3 Å². The van der Waals surface area contributed by atoms with Crippen LogP contribution in [-0.2, 0) is 18.3 Å². The Morgan fingerprint density at radius 3 is 2.91 bits per heavy atom. The van der Waals surface area contributed by atoms with Crippen molar-refractivity contribution < 1.29 is 14.6 Å². The summed E-state index contributed by atoms with van der Waals surface area (Å²) in [5.74, 6) is 1.54. The standard InChI is InChI=1S/C26H27N3O3/c1-27-21-15-6-4-5-7-17(15)28-22-16(21)13-26(30)19-12-14-8-9-18(31-3)23-20(14)25(26,24(22)32-23)10-11-29(19)2/h4-9,19,24,30H,10-13H2,1-3H3,(H,27,28)/t19-,24?,25+,26?/m1/s1. The highest BCUT2D eigenvalue weighted by Crippen LogP contribution is 2.68. The van der Waals surface area contributed by atoms with Crippen molar-refractivity contribution in [2.24, 2.45) is 0 Å². The predicted octanol–water partition coefficient (Wildman–Crippen LogP) is 3.20. The molecule has 6 heteroatoms. The molecule has 1 fully saturated rings. The fourth-order valence-corrected chi connectivity index (χ4v) is 7.30. The quantitative estimate of drug-likeness (QED) is 0.652.